The third-order valence-corrected chi connectivity index (χ3v) is 5.01. The lowest BCUT2D eigenvalue weighted by atomic mass is 9.78. The lowest BCUT2D eigenvalue weighted by molar-refractivity contribution is -0.139. The average molecular weight is 303 g/mol. The first-order chi connectivity index (χ1) is 10.6. The Balaban J connectivity index is 1.61. The highest BCUT2D eigenvalue weighted by Gasteiger charge is 2.53. The van der Waals surface area contributed by atoms with Gasteiger partial charge >= 0.3 is 12.1 Å². The zero-order valence-electron chi connectivity index (χ0n) is 12.5. The monoisotopic (exact) mass is 303 g/mol. The Hall–Kier alpha value is -2.04. The molecule has 1 amide bonds. The zero-order valence-corrected chi connectivity index (χ0v) is 12.5. The number of hydrogen-bond donors (Lipinski definition) is 2. The van der Waals surface area contributed by atoms with Gasteiger partial charge in [0.05, 0.1) is 12.0 Å². The second-order valence-electron chi connectivity index (χ2n) is 6.49. The van der Waals surface area contributed by atoms with E-state index in [0.717, 1.165) is 31.2 Å². The second kappa shape index (κ2) is 5.99. The quantitative estimate of drug-likeness (QED) is 0.877. The lowest BCUT2D eigenvalue weighted by Crippen LogP contribution is -2.53. The lowest BCUT2D eigenvalue weighted by Gasteiger charge is -2.37. The second-order valence-corrected chi connectivity index (χ2v) is 6.49. The van der Waals surface area contributed by atoms with Gasteiger partial charge in [-0.25, -0.2) is 4.79 Å². The zero-order chi connectivity index (χ0) is 15.6. The normalized spacial score (nSPS) is 29.3. The van der Waals surface area contributed by atoms with Crippen LogP contribution in [0.1, 0.15) is 37.7 Å². The molecule has 0 aromatic heterocycles. The molecule has 0 radical (unpaired) electrons. The van der Waals surface area contributed by atoms with Gasteiger partial charge in [-0.3, -0.25) is 4.79 Å². The highest BCUT2D eigenvalue weighted by Crippen LogP contribution is 2.52. The molecule has 1 aromatic rings. The van der Waals surface area contributed by atoms with Crippen LogP contribution in [0, 0.1) is 11.8 Å². The molecule has 22 heavy (non-hydrogen) atoms. The number of rotatable bonds is 5. The highest BCUT2D eigenvalue weighted by molar-refractivity contribution is 5.73. The van der Waals surface area contributed by atoms with Gasteiger partial charge in [0.1, 0.15) is 6.61 Å². The first-order valence-corrected chi connectivity index (χ1v) is 7.78. The molecule has 2 saturated carbocycles. The van der Waals surface area contributed by atoms with Crippen molar-refractivity contribution in [3.05, 3.63) is 35.9 Å². The van der Waals surface area contributed by atoms with Crippen molar-refractivity contribution in [2.75, 3.05) is 0 Å². The third kappa shape index (κ3) is 3.08. The summed E-state index contributed by atoms with van der Waals surface area (Å²) in [6.45, 7) is 0.198. The molecule has 3 atom stereocenters. The molecule has 2 aliphatic rings. The van der Waals surface area contributed by atoms with Crippen LogP contribution in [-0.2, 0) is 16.1 Å². The third-order valence-electron chi connectivity index (χ3n) is 5.01. The molecular weight excluding hydrogens is 282 g/mol. The molecule has 0 saturated heterocycles. The summed E-state index contributed by atoms with van der Waals surface area (Å²) < 4.78 is 5.26. The SMILES string of the molecule is O=C(O)CC1(NC(=O)OCc2ccccc2)CC2CCC1C2. The van der Waals surface area contributed by atoms with Gasteiger partial charge in [0.2, 0.25) is 0 Å². The molecule has 2 N–H and O–H groups in total. The van der Waals surface area contributed by atoms with E-state index in [4.69, 9.17) is 4.74 Å². The van der Waals surface area contributed by atoms with Gasteiger partial charge in [0, 0.05) is 0 Å². The fourth-order valence-electron chi connectivity index (χ4n) is 4.09. The Bertz CT molecular complexity index is 559. The summed E-state index contributed by atoms with van der Waals surface area (Å²) in [5, 5.41) is 12.1. The van der Waals surface area contributed by atoms with Crippen molar-refractivity contribution in [1.29, 1.82) is 0 Å². The molecule has 2 fully saturated rings. The minimum atomic E-state index is -0.865. The largest absolute Gasteiger partial charge is 0.481 e. The number of amides is 1. The van der Waals surface area contributed by atoms with Crippen LogP contribution >= 0.6 is 0 Å². The van der Waals surface area contributed by atoms with Gasteiger partial charge < -0.3 is 15.2 Å². The summed E-state index contributed by atoms with van der Waals surface area (Å²) >= 11 is 0. The predicted octanol–water partition coefficient (Wildman–Crippen LogP) is 2.95. The number of carboxylic acids is 1. The van der Waals surface area contributed by atoms with Crippen molar-refractivity contribution >= 4 is 12.1 Å². The fourth-order valence-corrected chi connectivity index (χ4v) is 4.09. The van der Waals surface area contributed by atoms with E-state index in [1.807, 2.05) is 30.3 Å². The van der Waals surface area contributed by atoms with Crippen LogP contribution in [-0.4, -0.2) is 22.7 Å². The number of aliphatic carboxylic acids is 1. The summed E-state index contributed by atoms with van der Waals surface area (Å²) in [7, 11) is 0. The molecular formula is C17H21NO4. The molecule has 5 heteroatoms. The molecule has 5 nitrogen and oxygen atoms in total. The summed E-state index contributed by atoms with van der Waals surface area (Å²) in [4.78, 5) is 23.3. The van der Waals surface area contributed by atoms with E-state index in [9.17, 15) is 14.7 Å². The molecule has 118 valence electrons. The van der Waals surface area contributed by atoms with Crippen LogP contribution in [0.2, 0.25) is 0 Å². The Morgan fingerprint density at radius 2 is 2.05 bits per heavy atom. The topological polar surface area (TPSA) is 75.6 Å². The number of nitrogens with one attached hydrogen (secondary N) is 1. The molecule has 3 rings (SSSR count). The maximum atomic E-state index is 12.1. The van der Waals surface area contributed by atoms with Gasteiger partial charge in [-0.2, -0.15) is 0 Å². The first-order valence-electron chi connectivity index (χ1n) is 7.78. The van der Waals surface area contributed by atoms with E-state index in [0.29, 0.717) is 5.92 Å². The van der Waals surface area contributed by atoms with Gasteiger partial charge in [-0.05, 0) is 43.1 Å². The predicted molar refractivity (Wildman–Crippen MR) is 80.2 cm³/mol. The number of hydrogen-bond acceptors (Lipinski definition) is 3. The van der Waals surface area contributed by atoms with E-state index in [1.165, 1.54) is 0 Å². The van der Waals surface area contributed by atoms with E-state index >= 15 is 0 Å². The van der Waals surface area contributed by atoms with Gasteiger partial charge in [0.15, 0.2) is 0 Å². The Labute approximate surface area is 129 Å². The van der Waals surface area contributed by atoms with Crippen molar-refractivity contribution in [3.63, 3.8) is 0 Å². The van der Waals surface area contributed by atoms with E-state index in [-0.39, 0.29) is 18.9 Å². The molecule has 2 aliphatic carbocycles. The summed E-state index contributed by atoms with van der Waals surface area (Å²) in [5.74, 6) is -0.0624. The molecule has 0 spiro atoms. The number of carboxylic acid groups (broad SMARTS) is 1. The van der Waals surface area contributed by atoms with Crippen LogP contribution in [0.3, 0.4) is 0 Å². The highest BCUT2D eigenvalue weighted by atomic mass is 16.5. The van der Waals surface area contributed by atoms with E-state index < -0.39 is 17.6 Å². The maximum Gasteiger partial charge on any atom is 0.407 e. The smallest absolute Gasteiger partial charge is 0.407 e. The van der Waals surface area contributed by atoms with Crippen molar-refractivity contribution in [2.24, 2.45) is 11.8 Å². The fraction of sp³-hybridized carbons (Fsp3) is 0.529. The number of carbonyl (C=O) groups is 2. The Morgan fingerprint density at radius 3 is 2.64 bits per heavy atom. The number of carbonyl (C=O) groups excluding carboxylic acids is 1. The van der Waals surface area contributed by atoms with Crippen molar-refractivity contribution in [3.8, 4) is 0 Å². The minimum absolute atomic E-state index is 0.0192. The number of benzene rings is 1. The standard InChI is InChI=1S/C17H21NO4/c19-15(20)10-17(9-13-6-7-14(17)8-13)18-16(21)22-11-12-4-2-1-3-5-12/h1-5,13-14H,6-11H2,(H,18,21)(H,19,20). The van der Waals surface area contributed by atoms with E-state index in [1.54, 1.807) is 0 Å². The summed E-state index contributed by atoms with van der Waals surface area (Å²) in [5.41, 5.74) is 0.292. The van der Waals surface area contributed by atoms with Gasteiger partial charge in [-0.15, -0.1) is 0 Å². The molecule has 0 aliphatic heterocycles. The van der Waals surface area contributed by atoms with Crippen molar-refractivity contribution < 1.29 is 19.4 Å². The van der Waals surface area contributed by atoms with E-state index in [2.05, 4.69) is 5.32 Å². The Kier molecular flexibility index (Phi) is 4.05. The van der Waals surface area contributed by atoms with Crippen LogP contribution in [0.4, 0.5) is 4.79 Å². The minimum Gasteiger partial charge on any atom is -0.481 e. The summed E-state index contributed by atoms with van der Waals surface area (Å²) in [6.07, 6.45) is 3.38. The number of fused-ring (bicyclic) bond motifs is 2. The van der Waals surface area contributed by atoms with Crippen LogP contribution < -0.4 is 5.32 Å². The van der Waals surface area contributed by atoms with Crippen molar-refractivity contribution in [1.82, 2.24) is 5.32 Å². The average Bonchev–Trinajstić information content (AvgIpc) is 3.06. The van der Waals surface area contributed by atoms with Crippen LogP contribution in [0.5, 0.6) is 0 Å². The number of alkyl carbamates (subject to hydrolysis) is 1. The van der Waals surface area contributed by atoms with Gasteiger partial charge in [0.25, 0.3) is 0 Å². The van der Waals surface area contributed by atoms with Gasteiger partial charge in [-0.1, -0.05) is 30.3 Å². The molecule has 1 aromatic carbocycles. The summed E-state index contributed by atoms with van der Waals surface area (Å²) in [6, 6.07) is 9.45. The Morgan fingerprint density at radius 1 is 1.27 bits per heavy atom. The first kappa shape index (κ1) is 14.9. The van der Waals surface area contributed by atoms with Crippen LogP contribution in [0.25, 0.3) is 0 Å². The number of ether oxygens (including phenoxy) is 1. The molecule has 2 bridgehead atoms. The van der Waals surface area contributed by atoms with Crippen molar-refractivity contribution in [2.45, 2.75) is 44.2 Å². The maximum absolute atomic E-state index is 12.1. The molecule has 3 unspecified atom stereocenters. The molecule has 0 heterocycles. The van der Waals surface area contributed by atoms with Crippen LogP contribution in [0.15, 0.2) is 30.3 Å².